The van der Waals surface area contributed by atoms with Crippen molar-refractivity contribution in [3.8, 4) is 0 Å². The molecule has 2 rings (SSSR count). The molecule has 1 unspecified atom stereocenters. The van der Waals surface area contributed by atoms with Crippen LogP contribution >= 0.6 is 0 Å². The summed E-state index contributed by atoms with van der Waals surface area (Å²) in [5.41, 5.74) is 1.23. The standard InChI is InChI=1S/C14H20O3/c1-3-17-13(15)11-6-7-12-10(9-11)5-4-8-14(12,2)16/h6-7,9,12,15-16H,3-5,8H2,1-2H3/b13-11-/t12?,14-/m1/s1. The highest BCUT2D eigenvalue weighted by atomic mass is 16.6. The second-order valence-electron chi connectivity index (χ2n) is 4.96. The first kappa shape index (κ1) is 12.2. The van der Waals surface area contributed by atoms with Crippen molar-refractivity contribution in [3.05, 3.63) is 35.3 Å². The lowest BCUT2D eigenvalue weighted by atomic mass is 9.71. The molecule has 0 aromatic rings. The van der Waals surface area contributed by atoms with Crippen LogP contribution in [-0.2, 0) is 4.74 Å². The lowest BCUT2D eigenvalue weighted by Gasteiger charge is -2.38. The Labute approximate surface area is 102 Å². The first-order valence-corrected chi connectivity index (χ1v) is 6.21. The number of ether oxygens (including phenoxy) is 1. The van der Waals surface area contributed by atoms with E-state index in [0.717, 1.165) is 19.3 Å². The van der Waals surface area contributed by atoms with Gasteiger partial charge in [-0.2, -0.15) is 0 Å². The summed E-state index contributed by atoms with van der Waals surface area (Å²) in [5.74, 6) is 0.0503. The molecular weight excluding hydrogens is 216 g/mol. The number of aliphatic hydroxyl groups is 2. The molecule has 0 heterocycles. The van der Waals surface area contributed by atoms with E-state index in [4.69, 9.17) is 4.74 Å². The van der Waals surface area contributed by atoms with Crippen LogP contribution in [-0.4, -0.2) is 22.4 Å². The molecular formula is C14H20O3. The second kappa shape index (κ2) is 4.57. The molecule has 0 spiro atoms. The van der Waals surface area contributed by atoms with Gasteiger partial charge in [-0.15, -0.1) is 0 Å². The summed E-state index contributed by atoms with van der Waals surface area (Å²) in [6.07, 6.45) is 8.55. The van der Waals surface area contributed by atoms with E-state index in [0.29, 0.717) is 12.2 Å². The Morgan fingerprint density at radius 1 is 1.59 bits per heavy atom. The van der Waals surface area contributed by atoms with Gasteiger partial charge in [-0.1, -0.05) is 17.7 Å². The average molecular weight is 236 g/mol. The molecule has 94 valence electrons. The van der Waals surface area contributed by atoms with Gasteiger partial charge in [0.15, 0.2) is 0 Å². The van der Waals surface area contributed by atoms with Crippen molar-refractivity contribution in [1.29, 1.82) is 0 Å². The van der Waals surface area contributed by atoms with Crippen molar-refractivity contribution in [2.75, 3.05) is 6.61 Å². The second-order valence-corrected chi connectivity index (χ2v) is 4.96. The van der Waals surface area contributed by atoms with E-state index >= 15 is 0 Å². The van der Waals surface area contributed by atoms with E-state index in [1.54, 1.807) is 0 Å². The molecule has 0 aromatic carbocycles. The van der Waals surface area contributed by atoms with Crippen LogP contribution in [0.25, 0.3) is 0 Å². The third kappa shape index (κ3) is 2.39. The highest BCUT2D eigenvalue weighted by molar-refractivity contribution is 5.42. The van der Waals surface area contributed by atoms with Gasteiger partial charge >= 0.3 is 0 Å². The van der Waals surface area contributed by atoms with Crippen molar-refractivity contribution in [3.63, 3.8) is 0 Å². The van der Waals surface area contributed by atoms with Crippen molar-refractivity contribution in [2.24, 2.45) is 5.92 Å². The maximum absolute atomic E-state index is 10.3. The molecule has 0 amide bonds. The predicted molar refractivity (Wildman–Crippen MR) is 66.5 cm³/mol. The van der Waals surface area contributed by atoms with Gasteiger partial charge < -0.3 is 14.9 Å². The minimum Gasteiger partial charge on any atom is -0.481 e. The summed E-state index contributed by atoms with van der Waals surface area (Å²) in [7, 11) is 0. The van der Waals surface area contributed by atoms with Gasteiger partial charge in [0, 0.05) is 5.92 Å². The Morgan fingerprint density at radius 3 is 3.06 bits per heavy atom. The van der Waals surface area contributed by atoms with E-state index in [1.165, 1.54) is 5.57 Å². The number of hydrogen-bond acceptors (Lipinski definition) is 3. The zero-order valence-corrected chi connectivity index (χ0v) is 10.4. The summed E-state index contributed by atoms with van der Waals surface area (Å²) < 4.78 is 5.09. The van der Waals surface area contributed by atoms with E-state index in [1.807, 2.05) is 32.1 Å². The van der Waals surface area contributed by atoms with Gasteiger partial charge in [0.1, 0.15) is 0 Å². The quantitative estimate of drug-likeness (QED) is 0.725. The van der Waals surface area contributed by atoms with Crippen LogP contribution < -0.4 is 0 Å². The molecule has 2 aliphatic carbocycles. The summed E-state index contributed by atoms with van der Waals surface area (Å²) >= 11 is 0. The fourth-order valence-electron chi connectivity index (χ4n) is 2.65. The van der Waals surface area contributed by atoms with Crippen molar-refractivity contribution in [1.82, 2.24) is 0 Å². The van der Waals surface area contributed by atoms with Gasteiger partial charge in [-0.3, -0.25) is 0 Å². The third-order valence-corrected chi connectivity index (χ3v) is 3.55. The summed E-state index contributed by atoms with van der Waals surface area (Å²) in [6.45, 7) is 4.17. The number of fused-ring (bicyclic) bond motifs is 1. The molecule has 1 saturated carbocycles. The Balaban J connectivity index is 2.27. The first-order valence-electron chi connectivity index (χ1n) is 6.21. The summed E-state index contributed by atoms with van der Waals surface area (Å²) in [6, 6.07) is 0. The molecule has 17 heavy (non-hydrogen) atoms. The fourth-order valence-corrected chi connectivity index (χ4v) is 2.65. The highest BCUT2D eigenvalue weighted by Gasteiger charge is 2.37. The van der Waals surface area contributed by atoms with E-state index < -0.39 is 5.60 Å². The fraction of sp³-hybridized carbons (Fsp3) is 0.571. The van der Waals surface area contributed by atoms with E-state index in [9.17, 15) is 10.2 Å². The maximum Gasteiger partial charge on any atom is 0.284 e. The minimum atomic E-state index is -0.659. The Kier molecular flexibility index (Phi) is 3.29. The summed E-state index contributed by atoms with van der Waals surface area (Å²) in [4.78, 5) is 0. The van der Waals surface area contributed by atoms with Gasteiger partial charge in [0.05, 0.1) is 17.8 Å². The van der Waals surface area contributed by atoms with Crippen molar-refractivity contribution < 1.29 is 14.9 Å². The Bertz CT molecular complexity index is 388. The van der Waals surface area contributed by atoms with Crippen LogP contribution in [0.15, 0.2) is 35.3 Å². The molecule has 3 nitrogen and oxygen atoms in total. The Hall–Kier alpha value is -1.22. The Morgan fingerprint density at radius 2 is 2.35 bits per heavy atom. The molecule has 1 fully saturated rings. The van der Waals surface area contributed by atoms with Crippen LogP contribution in [0.4, 0.5) is 0 Å². The number of aliphatic hydroxyl groups excluding tert-OH is 1. The average Bonchev–Trinajstić information content (AvgIpc) is 2.28. The van der Waals surface area contributed by atoms with Crippen LogP contribution in [0.3, 0.4) is 0 Å². The van der Waals surface area contributed by atoms with Gasteiger partial charge in [-0.25, -0.2) is 0 Å². The zero-order valence-electron chi connectivity index (χ0n) is 10.4. The highest BCUT2D eigenvalue weighted by Crippen LogP contribution is 2.41. The smallest absolute Gasteiger partial charge is 0.284 e. The molecule has 0 aromatic heterocycles. The maximum atomic E-state index is 10.3. The van der Waals surface area contributed by atoms with Crippen LogP contribution in [0.5, 0.6) is 0 Å². The molecule has 2 N–H and O–H groups in total. The largest absolute Gasteiger partial charge is 0.481 e. The zero-order chi connectivity index (χ0) is 12.5. The molecule has 0 saturated heterocycles. The third-order valence-electron chi connectivity index (χ3n) is 3.55. The van der Waals surface area contributed by atoms with E-state index in [2.05, 4.69) is 0 Å². The normalized spacial score (nSPS) is 35.0. The van der Waals surface area contributed by atoms with Crippen LogP contribution in [0.1, 0.15) is 33.1 Å². The molecule has 0 aliphatic heterocycles. The molecule has 0 radical (unpaired) electrons. The monoisotopic (exact) mass is 236 g/mol. The van der Waals surface area contributed by atoms with Crippen LogP contribution in [0.2, 0.25) is 0 Å². The van der Waals surface area contributed by atoms with Gasteiger partial charge in [0.25, 0.3) is 5.95 Å². The molecule has 3 heteroatoms. The topological polar surface area (TPSA) is 49.7 Å². The summed E-state index contributed by atoms with van der Waals surface area (Å²) in [5, 5.41) is 20.0. The minimum absolute atomic E-state index is 0.0279. The predicted octanol–water partition coefficient (Wildman–Crippen LogP) is 2.84. The first-order chi connectivity index (χ1) is 8.04. The number of rotatable bonds is 2. The van der Waals surface area contributed by atoms with Gasteiger partial charge in [-0.05, 0) is 39.2 Å². The van der Waals surface area contributed by atoms with Gasteiger partial charge in [0.2, 0.25) is 0 Å². The molecule has 2 atom stereocenters. The van der Waals surface area contributed by atoms with Crippen LogP contribution in [0, 0.1) is 5.92 Å². The van der Waals surface area contributed by atoms with Crippen molar-refractivity contribution >= 4 is 0 Å². The molecule has 2 aliphatic rings. The van der Waals surface area contributed by atoms with E-state index in [-0.39, 0.29) is 11.9 Å². The SMILES string of the molecule is CCO/C(O)=C1/C=CC2C(=C1)CCC[C@@]2(C)O. The molecule has 0 bridgehead atoms. The number of allylic oxidation sites excluding steroid dienone is 3. The number of hydrogen-bond donors (Lipinski definition) is 2. The van der Waals surface area contributed by atoms with Crippen molar-refractivity contribution in [2.45, 2.75) is 38.7 Å². The lowest BCUT2D eigenvalue weighted by molar-refractivity contribution is 0.00775. The lowest BCUT2D eigenvalue weighted by Crippen LogP contribution is -2.38.